The first kappa shape index (κ1) is 15.2. The summed E-state index contributed by atoms with van der Waals surface area (Å²) in [6.07, 6.45) is 0. The molecule has 0 aromatic heterocycles. The molecule has 18 heavy (non-hydrogen) atoms. The quantitative estimate of drug-likeness (QED) is 0.830. The van der Waals surface area contributed by atoms with E-state index in [4.69, 9.17) is 0 Å². The summed E-state index contributed by atoms with van der Waals surface area (Å²) >= 11 is 0. The first-order chi connectivity index (χ1) is 8.41. The minimum Gasteiger partial charge on any atom is -0.313 e. The van der Waals surface area contributed by atoms with Gasteiger partial charge in [0, 0.05) is 18.6 Å². The van der Waals surface area contributed by atoms with Crippen LogP contribution in [0.5, 0.6) is 0 Å². The van der Waals surface area contributed by atoms with Crippen molar-refractivity contribution >= 4 is 0 Å². The maximum absolute atomic E-state index is 3.52. The molecule has 0 radical (unpaired) electrons. The number of hydrogen-bond donors (Lipinski definition) is 1. The molecular weight excluding hydrogens is 220 g/mol. The van der Waals surface area contributed by atoms with Crippen LogP contribution in [0.1, 0.15) is 50.8 Å². The van der Waals surface area contributed by atoms with Gasteiger partial charge in [0.05, 0.1) is 0 Å². The number of rotatable bonds is 6. The highest BCUT2D eigenvalue weighted by Crippen LogP contribution is 2.21. The van der Waals surface area contributed by atoms with E-state index in [0.717, 1.165) is 6.54 Å². The normalized spacial score (nSPS) is 13.6. The van der Waals surface area contributed by atoms with E-state index in [0.29, 0.717) is 18.0 Å². The maximum atomic E-state index is 3.52. The van der Waals surface area contributed by atoms with Gasteiger partial charge in [-0.3, -0.25) is 0 Å². The third-order valence-electron chi connectivity index (χ3n) is 3.33. The molecule has 0 saturated carbocycles. The number of hydrogen-bond acceptors (Lipinski definition) is 2. The fraction of sp³-hybridized carbons (Fsp3) is 0.625. The Bertz CT molecular complexity index is 339. The third-order valence-corrected chi connectivity index (χ3v) is 3.33. The van der Waals surface area contributed by atoms with Gasteiger partial charge in [0.2, 0.25) is 0 Å². The van der Waals surface area contributed by atoms with Crippen molar-refractivity contribution < 1.29 is 0 Å². The maximum Gasteiger partial charge on any atom is 0.0466 e. The monoisotopic (exact) mass is 248 g/mol. The van der Waals surface area contributed by atoms with E-state index in [2.05, 4.69) is 76.3 Å². The molecular formula is C16H28N2. The van der Waals surface area contributed by atoms with Gasteiger partial charge >= 0.3 is 0 Å². The summed E-state index contributed by atoms with van der Waals surface area (Å²) in [5.74, 6) is 0.602. The molecule has 0 bridgehead atoms. The zero-order chi connectivity index (χ0) is 13.7. The van der Waals surface area contributed by atoms with E-state index in [9.17, 15) is 0 Å². The second kappa shape index (κ2) is 6.91. The third kappa shape index (κ3) is 4.43. The van der Waals surface area contributed by atoms with Crippen LogP contribution in [0.25, 0.3) is 0 Å². The molecule has 0 amide bonds. The fourth-order valence-corrected chi connectivity index (χ4v) is 2.05. The van der Waals surface area contributed by atoms with Crippen molar-refractivity contribution in [1.82, 2.24) is 10.2 Å². The average molecular weight is 248 g/mol. The predicted molar refractivity (Wildman–Crippen MR) is 80.1 cm³/mol. The van der Waals surface area contributed by atoms with Crippen molar-refractivity contribution in [1.29, 1.82) is 0 Å². The Morgan fingerprint density at radius 2 is 1.44 bits per heavy atom. The molecule has 0 heterocycles. The van der Waals surface area contributed by atoms with Gasteiger partial charge in [-0.2, -0.15) is 0 Å². The van der Waals surface area contributed by atoms with Crippen LogP contribution in [0.15, 0.2) is 24.3 Å². The first-order valence-corrected chi connectivity index (χ1v) is 6.91. The standard InChI is InChI=1S/C16H28N2/c1-12(2)14-7-9-15(10-8-14)16(18(5)6)11-17-13(3)4/h7-10,12-13,16-17H,11H2,1-6H3. The minimum absolute atomic E-state index is 0.439. The Labute approximate surface area is 112 Å². The summed E-state index contributed by atoms with van der Waals surface area (Å²) in [6, 6.07) is 10.0. The van der Waals surface area contributed by atoms with Crippen molar-refractivity contribution in [3.05, 3.63) is 35.4 Å². The Balaban J connectivity index is 2.79. The largest absolute Gasteiger partial charge is 0.313 e. The molecule has 0 saturated heterocycles. The molecule has 0 aliphatic rings. The molecule has 0 spiro atoms. The summed E-state index contributed by atoms with van der Waals surface area (Å²) in [5.41, 5.74) is 2.80. The van der Waals surface area contributed by atoms with Crippen molar-refractivity contribution in [2.45, 2.75) is 45.7 Å². The fourth-order valence-electron chi connectivity index (χ4n) is 2.05. The molecule has 102 valence electrons. The van der Waals surface area contributed by atoms with Gasteiger partial charge in [-0.05, 0) is 31.1 Å². The van der Waals surface area contributed by atoms with Gasteiger partial charge in [-0.1, -0.05) is 52.0 Å². The summed E-state index contributed by atoms with van der Waals surface area (Å²) in [5, 5.41) is 3.52. The van der Waals surface area contributed by atoms with Crippen LogP contribution in [-0.2, 0) is 0 Å². The zero-order valence-corrected chi connectivity index (χ0v) is 12.7. The Kier molecular flexibility index (Phi) is 5.83. The molecule has 1 atom stereocenters. The van der Waals surface area contributed by atoms with Gasteiger partial charge in [-0.25, -0.2) is 0 Å². The SMILES string of the molecule is CC(C)NCC(c1ccc(C(C)C)cc1)N(C)C. The van der Waals surface area contributed by atoms with Crippen molar-refractivity contribution in [2.75, 3.05) is 20.6 Å². The molecule has 1 N–H and O–H groups in total. The predicted octanol–water partition coefficient (Wildman–Crippen LogP) is 3.41. The van der Waals surface area contributed by atoms with Gasteiger partial charge in [0.1, 0.15) is 0 Å². The number of likely N-dealkylation sites (N-methyl/N-ethyl adjacent to an activating group) is 1. The van der Waals surface area contributed by atoms with Crippen molar-refractivity contribution in [2.24, 2.45) is 0 Å². The van der Waals surface area contributed by atoms with Gasteiger partial charge < -0.3 is 10.2 Å². The van der Waals surface area contributed by atoms with Crippen LogP contribution >= 0.6 is 0 Å². The van der Waals surface area contributed by atoms with Crippen LogP contribution in [0, 0.1) is 0 Å². The molecule has 0 aliphatic heterocycles. The van der Waals surface area contributed by atoms with E-state index < -0.39 is 0 Å². The van der Waals surface area contributed by atoms with E-state index in [1.165, 1.54) is 11.1 Å². The van der Waals surface area contributed by atoms with E-state index in [1.807, 2.05) is 0 Å². The minimum atomic E-state index is 0.439. The number of nitrogens with zero attached hydrogens (tertiary/aromatic N) is 1. The average Bonchev–Trinajstić information content (AvgIpc) is 2.29. The van der Waals surface area contributed by atoms with Crippen LogP contribution in [0.2, 0.25) is 0 Å². The smallest absolute Gasteiger partial charge is 0.0466 e. The molecule has 2 nitrogen and oxygen atoms in total. The summed E-state index contributed by atoms with van der Waals surface area (Å²) in [7, 11) is 4.28. The van der Waals surface area contributed by atoms with Gasteiger partial charge in [-0.15, -0.1) is 0 Å². The summed E-state index contributed by atoms with van der Waals surface area (Å²) in [4.78, 5) is 2.28. The van der Waals surface area contributed by atoms with E-state index >= 15 is 0 Å². The lowest BCUT2D eigenvalue weighted by atomic mass is 9.98. The van der Waals surface area contributed by atoms with Gasteiger partial charge in [0.15, 0.2) is 0 Å². The van der Waals surface area contributed by atoms with Gasteiger partial charge in [0.25, 0.3) is 0 Å². The molecule has 1 rings (SSSR count). The molecule has 1 unspecified atom stereocenters. The highest BCUT2D eigenvalue weighted by atomic mass is 15.1. The molecule has 2 heteroatoms. The lowest BCUT2D eigenvalue weighted by Gasteiger charge is -2.26. The lowest BCUT2D eigenvalue weighted by molar-refractivity contribution is 0.283. The van der Waals surface area contributed by atoms with Crippen LogP contribution in [0.3, 0.4) is 0 Å². The Morgan fingerprint density at radius 1 is 0.944 bits per heavy atom. The first-order valence-electron chi connectivity index (χ1n) is 6.91. The van der Waals surface area contributed by atoms with E-state index in [1.54, 1.807) is 0 Å². The van der Waals surface area contributed by atoms with Crippen molar-refractivity contribution in [3.63, 3.8) is 0 Å². The highest BCUT2D eigenvalue weighted by molar-refractivity contribution is 5.27. The number of nitrogens with one attached hydrogen (secondary N) is 1. The van der Waals surface area contributed by atoms with E-state index in [-0.39, 0.29) is 0 Å². The Hall–Kier alpha value is -0.860. The second-order valence-corrected chi connectivity index (χ2v) is 5.86. The molecule has 1 aromatic rings. The molecule has 0 aliphatic carbocycles. The van der Waals surface area contributed by atoms with Crippen LogP contribution < -0.4 is 5.32 Å². The summed E-state index contributed by atoms with van der Waals surface area (Å²) < 4.78 is 0. The Morgan fingerprint density at radius 3 is 1.83 bits per heavy atom. The summed E-state index contributed by atoms with van der Waals surface area (Å²) in [6.45, 7) is 9.84. The van der Waals surface area contributed by atoms with Crippen LogP contribution in [-0.4, -0.2) is 31.6 Å². The highest BCUT2D eigenvalue weighted by Gasteiger charge is 2.14. The van der Waals surface area contributed by atoms with Crippen LogP contribution in [0.4, 0.5) is 0 Å². The van der Waals surface area contributed by atoms with Crippen molar-refractivity contribution in [3.8, 4) is 0 Å². The topological polar surface area (TPSA) is 15.3 Å². The molecule has 1 aromatic carbocycles. The number of benzene rings is 1. The lowest BCUT2D eigenvalue weighted by Crippen LogP contribution is -2.34. The molecule has 0 fully saturated rings. The zero-order valence-electron chi connectivity index (χ0n) is 12.7. The second-order valence-electron chi connectivity index (χ2n) is 5.86.